The number of oxazole rings is 1. The van der Waals surface area contributed by atoms with Crippen LogP contribution < -0.4 is 10.5 Å². The van der Waals surface area contributed by atoms with Crippen molar-refractivity contribution in [1.82, 2.24) is 19.3 Å². The molecule has 1 N–H and O–H groups in total. The van der Waals surface area contributed by atoms with Gasteiger partial charge in [0.2, 0.25) is 11.7 Å². The van der Waals surface area contributed by atoms with Gasteiger partial charge in [-0.25, -0.2) is 4.98 Å². The van der Waals surface area contributed by atoms with Crippen LogP contribution in [-0.2, 0) is 13.1 Å². The predicted octanol–water partition coefficient (Wildman–Crippen LogP) is 4.33. The molecular weight excluding hydrogens is 506 g/mol. The molecule has 0 aliphatic rings. The van der Waals surface area contributed by atoms with Crippen LogP contribution in [0.4, 0.5) is 5.82 Å². The average Bonchev–Trinajstić information content (AvgIpc) is 3.56. The predicted molar refractivity (Wildman–Crippen MR) is 136 cm³/mol. The van der Waals surface area contributed by atoms with E-state index in [1.54, 1.807) is 32.9 Å². The fourth-order valence-electron chi connectivity index (χ4n) is 3.49. The molecule has 0 amide bonds. The normalized spacial score (nSPS) is 11.6. The number of thiophene rings is 1. The van der Waals surface area contributed by atoms with Crippen molar-refractivity contribution in [2.45, 2.75) is 33.9 Å². The summed E-state index contributed by atoms with van der Waals surface area (Å²) in [6, 6.07) is 8.01. The van der Waals surface area contributed by atoms with Crippen LogP contribution in [0.25, 0.3) is 11.3 Å². The van der Waals surface area contributed by atoms with Gasteiger partial charge in [-0.3, -0.25) is 19.0 Å². The van der Waals surface area contributed by atoms with Crippen LogP contribution in [0.5, 0.6) is 5.88 Å². The van der Waals surface area contributed by atoms with Gasteiger partial charge in [-0.15, -0.1) is 11.3 Å². The molecule has 36 heavy (non-hydrogen) atoms. The number of rotatable bonds is 7. The first-order valence-electron chi connectivity index (χ1n) is 10.9. The first kappa shape index (κ1) is 25.4. The summed E-state index contributed by atoms with van der Waals surface area (Å²) in [7, 11) is 1.82. The van der Waals surface area contributed by atoms with Gasteiger partial charge in [-0.05, 0) is 18.2 Å². The molecule has 0 atom stereocenters. The van der Waals surface area contributed by atoms with Crippen LogP contribution in [0.2, 0.25) is 4.34 Å². The molecule has 0 aliphatic heterocycles. The second-order valence-corrected chi connectivity index (χ2v) is 11.0. The molecule has 4 aromatic heterocycles. The van der Waals surface area contributed by atoms with E-state index in [-0.39, 0.29) is 22.9 Å². The first-order chi connectivity index (χ1) is 17.0. The highest BCUT2D eigenvalue weighted by Gasteiger charge is 2.29. The lowest BCUT2D eigenvalue weighted by Gasteiger charge is -2.22. The minimum absolute atomic E-state index is 0.0318. The molecule has 0 aromatic carbocycles. The van der Waals surface area contributed by atoms with E-state index in [0.717, 1.165) is 22.1 Å². The molecule has 0 radical (unpaired) electrons. The molecule has 10 nitrogen and oxygen atoms in total. The van der Waals surface area contributed by atoms with Crippen molar-refractivity contribution < 1.29 is 19.1 Å². The minimum Gasteiger partial charge on any atom is -0.494 e. The van der Waals surface area contributed by atoms with Crippen molar-refractivity contribution >= 4 is 40.4 Å². The molecular formula is C24H24ClN5O5S. The number of carbonyl (C=O) groups is 2. The van der Waals surface area contributed by atoms with E-state index in [1.165, 1.54) is 28.2 Å². The van der Waals surface area contributed by atoms with Crippen LogP contribution >= 0.6 is 22.9 Å². The van der Waals surface area contributed by atoms with E-state index in [2.05, 4.69) is 10.1 Å². The Hall–Kier alpha value is -3.70. The number of nitrogens with zero attached hydrogens (tertiary/aromatic N) is 5. The van der Waals surface area contributed by atoms with E-state index in [4.69, 9.17) is 16.0 Å². The zero-order valence-electron chi connectivity index (χ0n) is 20.1. The molecule has 0 bridgehead atoms. The van der Waals surface area contributed by atoms with Gasteiger partial charge in [0.15, 0.2) is 6.39 Å². The molecule has 0 fully saturated rings. The molecule has 0 aliphatic carbocycles. The molecule has 0 saturated carbocycles. The zero-order chi connectivity index (χ0) is 26.2. The third kappa shape index (κ3) is 5.12. The Morgan fingerprint density at radius 2 is 1.97 bits per heavy atom. The topological polar surface area (TPSA) is 123 Å². The lowest BCUT2D eigenvalue weighted by molar-refractivity contribution is 0.0751. The summed E-state index contributed by atoms with van der Waals surface area (Å²) in [5.74, 6) is -0.729. The van der Waals surface area contributed by atoms with Gasteiger partial charge in [0, 0.05) is 29.5 Å². The summed E-state index contributed by atoms with van der Waals surface area (Å²) < 4.78 is 7.70. The minimum atomic E-state index is -0.740. The van der Waals surface area contributed by atoms with E-state index < -0.39 is 29.2 Å². The van der Waals surface area contributed by atoms with Crippen molar-refractivity contribution in [2.24, 2.45) is 5.41 Å². The van der Waals surface area contributed by atoms with Crippen LogP contribution in [0.1, 0.15) is 40.9 Å². The van der Waals surface area contributed by atoms with E-state index in [0.29, 0.717) is 16.7 Å². The van der Waals surface area contributed by atoms with Crippen molar-refractivity contribution in [3.05, 3.63) is 68.2 Å². The summed E-state index contributed by atoms with van der Waals surface area (Å²) >= 11 is 7.50. The Balaban J connectivity index is 1.76. The fourth-order valence-corrected chi connectivity index (χ4v) is 4.63. The van der Waals surface area contributed by atoms with Gasteiger partial charge in [-0.1, -0.05) is 32.4 Å². The van der Waals surface area contributed by atoms with E-state index >= 15 is 0 Å². The Bertz CT molecular complexity index is 1480. The quantitative estimate of drug-likeness (QED) is 0.351. The number of ketones is 1. The second-order valence-electron chi connectivity index (χ2n) is 9.21. The summed E-state index contributed by atoms with van der Waals surface area (Å²) in [6.07, 6.45) is 2.27. The Labute approximate surface area is 215 Å². The van der Waals surface area contributed by atoms with Crippen molar-refractivity contribution in [3.8, 4) is 17.1 Å². The zero-order valence-corrected chi connectivity index (χ0v) is 21.6. The molecule has 12 heteroatoms. The monoisotopic (exact) mass is 529 g/mol. The molecule has 0 spiro atoms. The highest BCUT2D eigenvalue weighted by Crippen LogP contribution is 2.33. The molecule has 0 saturated heterocycles. The van der Waals surface area contributed by atoms with Gasteiger partial charge in [0.1, 0.15) is 23.5 Å². The van der Waals surface area contributed by atoms with E-state index in [9.17, 15) is 19.5 Å². The van der Waals surface area contributed by atoms with Gasteiger partial charge in [-0.2, -0.15) is 9.78 Å². The summed E-state index contributed by atoms with van der Waals surface area (Å²) in [5.41, 5.74) is -0.833. The molecule has 4 heterocycles. The number of carbonyl (C=O) groups excluding carboxylic acids is 2. The lowest BCUT2D eigenvalue weighted by Crippen LogP contribution is -2.31. The number of hydrogen-bond acceptors (Lipinski definition) is 9. The smallest absolute Gasteiger partial charge is 0.254 e. The third-order valence-corrected chi connectivity index (χ3v) is 6.60. The number of aromatic nitrogens is 4. The van der Waals surface area contributed by atoms with E-state index in [1.807, 2.05) is 18.0 Å². The molecule has 4 rings (SSSR count). The van der Waals surface area contributed by atoms with Crippen LogP contribution in [0.3, 0.4) is 0 Å². The standard InChI is InChI=1S/C24H24ClN5O5S/c1-24(2,3)23(34)30-20(28(4)10-14-5-7-19(25)36-14)9-16(27-30)15-6-8-21(32)29(22(15)33)11-18(31)17-12-35-13-26-17/h5-9,12-13,33H,10-11H2,1-4H3. The largest absolute Gasteiger partial charge is 0.494 e. The molecule has 4 aromatic rings. The van der Waals surface area contributed by atoms with Crippen LogP contribution in [0.15, 0.2) is 52.2 Å². The van der Waals surface area contributed by atoms with Crippen LogP contribution in [-0.4, -0.2) is 43.2 Å². The summed E-state index contributed by atoms with van der Waals surface area (Å²) in [6.45, 7) is 5.38. The maximum absolute atomic E-state index is 13.3. The first-order valence-corrected chi connectivity index (χ1v) is 12.1. The van der Waals surface area contributed by atoms with Crippen molar-refractivity contribution in [3.63, 3.8) is 0 Å². The Morgan fingerprint density at radius 1 is 1.22 bits per heavy atom. The lowest BCUT2D eigenvalue weighted by atomic mass is 9.96. The fraction of sp³-hybridized carbons (Fsp3) is 0.292. The maximum Gasteiger partial charge on any atom is 0.254 e. The van der Waals surface area contributed by atoms with Gasteiger partial charge in [0.25, 0.3) is 11.5 Å². The van der Waals surface area contributed by atoms with Gasteiger partial charge in [0.05, 0.1) is 23.0 Å². The number of anilines is 1. The third-order valence-electron chi connectivity index (χ3n) is 5.39. The maximum atomic E-state index is 13.3. The molecule has 0 unspecified atom stereocenters. The van der Waals surface area contributed by atoms with Crippen molar-refractivity contribution in [1.29, 1.82) is 0 Å². The number of hydrogen-bond donors (Lipinski definition) is 1. The van der Waals surface area contributed by atoms with Gasteiger partial charge >= 0.3 is 0 Å². The van der Waals surface area contributed by atoms with Crippen LogP contribution in [0, 0.1) is 5.41 Å². The van der Waals surface area contributed by atoms with Gasteiger partial charge < -0.3 is 14.4 Å². The average molecular weight is 530 g/mol. The molecule has 188 valence electrons. The highest BCUT2D eigenvalue weighted by molar-refractivity contribution is 7.16. The number of Topliss-reactive ketones (excluding diaryl/α,β-unsaturated/α-hetero) is 1. The highest BCUT2D eigenvalue weighted by atomic mass is 35.5. The SMILES string of the molecule is CN(Cc1ccc(Cl)s1)c1cc(-c2ccc(=O)n(CC(=O)c3cocn3)c2O)nn1C(=O)C(C)(C)C. The van der Waals surface area contributed by atoms with Crippen molar-refractivity contribution in [2.75, 3.05) is 11.9 Å². The Morgan fingerprint density at radius 3 is 2.58 bits per heavy atom. The number of aromatic hydroxyl groups is 1. The second kappa shape index (κ2) is 9.75. The summed E-state index contributed by atoms with van der Waals surface area (Å²) in [4.78, 5) is 44.8. The number of pyridine rings is 1. The summed E-state index contributed by atoms with van der Waals surface area (Å²) in [5, 5.41) is 15.4. The Kier molecular flexibility index (Phi) is 6.87. The number of halogens is 1.